The van der Waals surface area contributed by atoms with Crippen molar-refractivity contribution in [1.82, 2.24) is 4.98 Å². The molecule has 0 unspecified atom stereocenters. The summed E-state index contributed by atoms with van der Waals surface area (Å²) in [6, 6.07) is 14.8. The highest BCUT2D eigenvalue weighted by molar-refractivity contribution is 7.99. The summed E-state index contributed by atoms with van der Waals surface area (Å²) < 4.78 is 0. The highest BCUT2D eigenvalue weighted by atomic mass is 35.5. The van der Waals surface area contributed by atoms with Gasteiger partial charge < -0.3 is 5.11 Å². The summed E-state index contributed by atoms with van der Waals surface area (Å²) in [5.74, 6) is 0.274. The smallest absolute Gasteiger partial charge is 0.115 e. The lowest BCUT2D eigenvalue weighted by Crippen LogP contribution is -1.82. The fourth-order valence-electron chi connectivity index (χ4n) is 1.83. The van der Waals surface area contributed by atoms with Crippen LogP contribution in [0.25, 0.3) is 10.9 Å². The summed E-state index contributed by atoms with van der Waals surface area (Å²) in [7, 11) is 0. The van der Waals surface area contributed by atoms with Crippen LogP contribution in [0, 0.1) is 0 Å². The van der Waals surface area contributed by atoms with Crippen molar-refractivity contribution in [1.29, 1.82) is 0 Å². The Morgan fingerprint density at radius 3 is 2.58 bits per heavy atom. The molecule has 3 aromatic rings. The Kier molecular flexibility index (Phi) is 3.32. The van der Waals surface area contributed by atoms with Gasteiger partial charge in [-0.25, -0.2) is 0 Å². The van der Waals surface area contributed by atoms with Crippen molar-refractivity contribution >= 4 is 34.3 Å². The fourth-order valence-corrected chi connectivity index (χ4v) is 2.93. The SMILES string of the molecule is Oc1ccc(Sc2ccnc3cc(Cl)ccc23)cc1. The van der Waals surface area contributed by atoms with Crippen molar-refractivity contribution in [3.63, 3.8) is 0 Å². The van der Waals surface area contributed by atoms with E-state index in [2.05, 4.69) is 4.98 Å². The highest BCUT2D eigenvalue weighted by Gasteiger charge is 2.04. The van der Waals surface area contributed by atoms with Crippen LogP contribution in [-0.4, -0.2) is 10.1 Å². The third-order valence-corrected chi connectivity index (χ3v) is 4.05. The summed E-state index contributed by atoms with van der Waals surface area (Å²) >= 11 is 7.61. The van der Waals surface area contributed by atoms with E-state index in [1.54, 1.807) is 30.1 Å². The average molecular weight is 288 g/mol. The molecule has 2 nitrogen and oxygen atoms in total. The Morgan fingerprint density at radius 2 is 1.79 bits per heavy atom. The van der Waals surface area contributed by atoms with Gasteiger partial charge in [-0.05, 0) is 42.5 Å². The van der Waals surface area contributed by atoms with Gasteiger partial charge >= 0.3 is 0 Å². The molecule has 1 heterocycles. The molecule has 1 N–H and O–H groups in total. The van der Waals surface area contributed by atoms with Crippen LogP contribution in [0.4, 0.5) is 0 Å². The third-order valence-electron chi connectivity index (χ3n) is 2.73. The number of rotatable bonds is 2. The van der Waals surface area contributed by atoms with Crippen LogP contribution >= 0.6 is 23.4 Å². The number of hydrogen-bond acceptors (Lipinski definition) is 3. The third kappa shape index (κ3) is 2.67. The molecule has 0 bridgehead atoms. The maximum Gasteiger partial charge on any atom is 0.115 e. The number of benzene rings is 2. The van der Waals surface area contributed by atoms with E-state index < -0.39 is 0 Å². The van der Waals surface area contributed by atoms with Gasteiger partial charge in [0.15, 0.2) is 0 Å². The van der Waals surface area contributed by atoms with Crippen molar-refractivity contribution in [2.75, 3.05) is 0 Å². The fraction of sp³-hybridized carbons (Fsp3) is 0. The molecular weight excluding hydrogens is 278 g/mol. The first-order chi connectivity index (χ1) is 9.22. The van der Waals surface area contributed by atoms with Crippen molar-refractivity contribution in [3.05, 3.63) is 59.8 Å². The minimum Gasteiger partial charge on any atom is -0.508 e. The number of phenols is 1. The van der Waals surface area contributed by atoms with Gasteiger partial charge in [0.2, 0.25) is 0 Å². The molecule has 0 atom stereocenters. The van der Waals surface area contributed by atoms with E-state index in [1.165, 1.54) is 0 Å². The number of nitrogens with zero attached hydrogens (tertiary/aromatic N) is 1. The van der Waals surface area contributed by atoms with Crippen molar-refractivity contribution in [2.24, 2.45) is 0 Å². The van der Waals surface area contributed by atoms with Crippen molar-refractivity contribution in [3.8, 4) is 5.75 Å². The summed E-state index contributed by atoms with van der Waals surface area (Å²) in [4.78, 5) is 6.51. The van der Waals surface area contributed by atoms with Gasteiger partial charge in [-0.15, -0.1) is 0 Å². The molecule has 3 rings (SSSR count). The first kappa shape index (κ1) is 12.3. The van der Waals surface area contributed by atoms with Crippen LogP contribution in [0.1, 0.15) is 0 Å². The van der Waals surface area contributed by atoms with Gasteiger partial charge in [0.05, 0.1) is 5.52 Å². The lowest BCUT2D eigenvalue weighted by Gasteiger charge is -2.06. The molecule has 0 saturated heterocycles. The van der Waals surface area contributed by atoms with Crippen LogP contribution in [0.2, 0.25) is 5.02 Å². The van der Waals surface area contributed by atoms with E-state index in [0.29, 0.717) is 5.02 Å². The zero-order chi connectivity index (χ0) is 13.2. The van der Waals surface area contributed by atoms with Gasteiger partial charge in [0.1, 0.15) is 5.75 Å². The summed E-state index contributed by atoms with van der Waals surface area (Å²) in [6.07, 6.45) is 1.78. The van der Waals surface area contributed by atoms with Crippen LogP contribution < -0.4 is 0 Å². The van der Waals surface area contributed by atoms with E-state index in [4.69, 9.17) is 11.6 Å². The predicted octanol–water partition coefficient (Wildman–Crippen LogP) is 4.75. The number of phenolic OH excluding ortho intramolecular Hbond substituents is 1. The second-order valence-electron chi connectivity index (χ2n) is 4.07. The molecule has 4 heteroatoms. The normalized spacial score (nSPS) is 10.8. The molecule has 0 saturated carbocycles. The number of halogens is 1. The molecule has 94 valence electrons. The van der Waals surface area contributed by atoms with Crippen molar-refractivity contribution in [2.45, 2.75) is 9.79 Å². The van der Waals surface area contributed by atoms with E-state index in [-0.39, 0.29) is 5.75 Å². The van der Waals surface area contributed by atoms with Crippen molar-refractivity contribution < 1.29 is 5.11 Å². The molecule has 0 amide bonds. The quantitative estimate of drug-likeness (QED) is 0.739. The number of aromatic nitrogens is 1. The predicted molar refractivity (Wildman–Crippen MR) is 79.0 cm³/mol. The number of fused-ring (bicyclic) bond motifs is 1. The van der Waals surface area contributed by atoms with E-state index in [1.807, 2.05) is 36.4 Å². The van der Waals surface area contributed by atoms with Crippen LogP contribution in [0.15, 0.2) is 64.5 Å². The molecule has 1 aromatic heterocycles. The summed E-state index contributed by atoms with van der Waals surface area (Å²) in [5.41, 5.74) is 0.885. The largest absolute Gasteiger partial charge is 0.508 e. The molecule has 0 aliphatic carbocycles. The standard InChI is InChI=1S/C15H10ClNOS/c16-10-1-6-13-14(9-10)17-8-7-15(13)19-12-4-2-11(18)3-5-12/h1-9,18H. The highest BCUT2D eigenvalue weighted by Crippen LogP contribution is 2.34. The minimum absolute atomic E-state index is 0.274. The van der Waals surface area contributed by atoms with E-state index in [0.717, 1.165) is 20.7 Å². The topological polar surface area (TPSA) is 33.1 Å². The molecule has 2 aromatic carbocycles. The zero-order valence-corrected chi connectivity index (χ0v) is 11.4. The molecule has 0 fully saturated rings. The Bertz CT molecular complexity index is 728. The van der Waals surface area contributed by atoms with Gasteiger partial charge in [0.25, 0.3) is 0 Å². The van der Waals surface area contributed by atoms with Crippen LogP contribution in [-0.2, 0) is 0 Å². The Hall–Kier alpha value is -1.71. The summed E-state index contributed by atoms with van der Waals surface area (Å²) in [5, 5.41) is 11.1. The lowest BCUT2D eigenvalue weighted by molar-refractivity contribution is 0.475. The first-order valence-electron chi connectivity index (χ1n) is 5.73. The Morgan fingerprint density at radius 1 is 1.00 bits per heavy atom. The van der Waals surface area contributed by atoms with Crippen LogP contribution in [0.3, 0.4) is 0 Å². The molecule has 19 heavy (non-hydrogen) atoms. The summed E-state index contributed by atoms with van der Waals surface area (Å²) in [6.45, 7) is 0. The van der Waals surface area contributed by atoms with Crippen LogP contribution in [0.5, 0.6) is 5.75 Å². The lowest BCUT2D eigenvalue weighted by atomic mass is 10.2. The number of aromatic hydroxyl groups is 1. The molecule has 0 aliphatic heterocycles. The Labute approximate surface area is 120 Å². The zero-order valence-electron chi connectivity index (χ0n) is 9.88. The maximum absolute atomic E-state index is 9.29. The monoisotopic (exact) mass is 287 g/mol. The average Bonchev–Trinajstić information content (AvgIpc) is 2.41. The number of hydrogen-bond donors (Lipinski definition) is 1. The molecule has 0 spiro atoms. The van der Waals surface area contributed by atoms with E-state index in [9.17, 15) is 5.11 Å². The second kappa shape index (κ2) is 5.11. The maximum atomic E-state index is 9.29. The number of pyridine rings is 1. The van der Waals surface area contributed by atoms with E-state index >= 15 is 0 Å². The molecular formula is C15H10ClNOS. The van der Waals surface area contributed by atoms with Gasteiger partial charge in [-0.1, -0.05) is 29.4 Å². The second-order valence-corrected chi connectivity index (χ2v) is 5.62. The molecule has 0 aliphatic rings. The van der Waals surface area contributed by atoms with Gasteiger partial charge in [-0.3, -0.25) is 4.98 Å². The van der Waals surface area contributed by atoms with Gasteiger partial charge in [0, 0.05) is 26.4 Å². The molecule has 0 radical (unpaired) electrons. The first-order valence-corrected chi connectivity index (χ1v) is 6.93. The minimum atomic E-state index is 0.274. The Balaban J connectivity index is 2.03. The van der Waals surface area contributed by atoms with Gasteiger partial charge in [-0.2, -0.15) is 0 Å².